The normalized spacial score (nSPS) is 20.8. The van der Waals surface area contributed by atoms with Crippen molar-refractivity contribution in [3.8, 4) is 6.07 Å². The van der Waals surface area contributed by atoms with Crippen molar-refractivity contribution in [1.82, 2.24) is 4.90 Å². The lowest BCUT2D eigenvalue weighted by molar-refractivity contribution is -0.127. The van der Waals surface area contributed by atoms with Gasteiger partial charge in [-0.2, -0.15) is 5.26 Å². The van der Waals surface area contributed by atoms with Gasteiger partial charge in [0.1, 0.15) is 11.8 Å². The summed E-state index contributed by atoms with van der Waals surface area (Å²) in [5, 5.41) is 18.9. The summed E-state index contributed by atoms with van der Waals surface area (Å²) in [7, 11) is 0. The minimum atomic E-state index is -0.352. The second-order valence-corrected chi connectivity index (χ2v) is 6.37. The summed E-state index contributed by atoms with van der Waals surface area (Å²) in [6.07, 6.45) is 0.841. The van der Waals surface area contributed by atoms with Crippen LogP contribution in [0.15, 0.2) is 11.3 Å². The zero-order chi connectivity index (χ0) is 14.1. The third kappa shape index (κ3) is 2.84. The Hall–Kier alpha value is -1.50. The fourth-order valence-corrected chi connectivity index (χ4v) is 2.15. The number of aliphatic hydroxyl groups is 1. The molecule has 0 aromatic rings. The van der Waals surface area contributed by atoms with Crippen LogP contribution in [0.2, 0.25) is 0 Å². The van der Waals surface area contributed by atoms with E-state index in [0.717, 1.165) is 6.42 Å². The molecule has 0 fully saturated rings. The Bertz CT molecular complexity index is 410. The van der Waals surface area contributed by atoms with Gasteiger partial charge in [0.05, 0.1) is 6.04 Å². The molecule has 0 saturated heterocycles. The summed E-state index contributed by atoms with van der Waals surface area (Å²) in [5.41, 5.74) is 0.0231. The van der Waals surface area contributed by atoms with Crippen LogP contribution in [0.5, 0.6) is 0 Å². The van der Waals surface area contributed by atoms with Crippen molar-refractivity contribution >= 4 is 5.91 Å². The summed E-state index contributed by atoms with van der Waals surface area (Å²) in [6.45, 7) is 10.8. The summed E-state index contributed by atoms with van der Waals surface area (Å²) in [4.78, 5) is 13.7. The molecule has 18 heavy (non-hydrogen) atoms. The van der Waals surface area contributed by atoms with Gasteiger partial charge < -0.3 is 10.0 Å². The molecular formula is C14H22N2O2. The second-order valence-electron chi connectivity index (χ2n) is 6.37. The van der Waals surface area contributed by atoms with E-state index in [1.165, 1.54) is 0 Å². The number of hydrogen-bond acceptors (Lipinski definition) is 3. The average Bonchev–Trinajstić information content (AvgIpc) is 2.45. The highest BCUT2D eigenvalue weighted by Crippen LogP contribution is 2.30. The maximum Gasteiger partial charge on any atom is 0.268 e. The van der Waals surface area contributed by atoms with Crippen LogP contribution in [0.3, 0.4) is 0 Å². The quantitative estimate of drug-likeness (QED) is 0.837. The highest BCUT2D eigenvalue weighted by atomic mass is 16.3. The molecule has 1 rings (SSSR count). The standard InChI is InChI=1S/C14H22N2O2/c1-9(2)11-12(17)10(8-15)13(18)16(11)7-6-14(3,4)5/h9,11,17H,6-7H2,1-5H3. The number of aliphatic hydroxyl groups excluding tert-OH is 1. The fraction of sp³-hybridized carbons (Fsp3) is 0.714. The molecule has 100 valence electrons. The van der Waals surface area contributed by atoms with E-state index in [2.05, 4.69) is 20.8 Å². The van der Waals surface area contributed by atoms with Gasteiger partial charge in [0.15, 0.2) is 5.57 Å². The first-order valence-electron chi connectivity index (χ1n) is 6.33. The molecule has 0 bridgehead atoms. The zero-order valence-electron chi connectivity index (χ0n) is 11.8. The Kier molecular flexibility index (Phi) is 4.05. The molecule has 0 aromatic carbocycles. The fourth-order valence-electron chi connectivity index (χ4n) is 2.15. The second kappa shape index (κ2) is 5.01. The predicted molar refractivity (Wildman–Crippen MR) is 69.7 cm³/mol. The van der Waals surface area contributed by atoms with Gasteiger partial charge in [-0.3, -0.25) is 4.79 Å². The van der Waals surface area contributed by atoms with Crippen LogP contribution in [-0.4, -0.2) is 28.5 Å². The molecule has 0 aromatic heterocycles. The minimum Gasteiger partial charge on any atom is -0.508 e. The maximum absolute atomic E-state index is 12.1. The van der Waals surface area contributed by atoms with Crippen LogP contribution in [0.1, 0.15) is 41.0 Å². The predicted octanol–water partition coefficient (Wildman–Crippen LogP) is 2.63. The lowest BCUT2D eigenvalue weighted by Gasteiger charge is -2.30. The first kappa shape index (κ1) is 14.6. The van der Waals surface area contributed by atoms with E-state index in [1.54, 1.807) is 4.90 Å². The number of nitriles is 1. The largest absolute Gasteiger partial charge is 0.508 e. The molecule has 4 heteroatoms. The zero-order valence-corrected chi connectivity index (χ0v) is 11.8. The van der Waals surface area contributed by atoms with Gasteiger partial charge >= 0.3 is 0 Å². The third-order valence-corrected chi connectivity index (χ3v) is 3.19. The van der Waals surface area contributed by atoms with Crippen molar-refractivity contribution in [2.24, 2.45) is 11.3 Å². The molecule has 1 heterocycles. The van der Waals surface area contributed by atoms with E-state index < -0.39 is 0 Å². The molecule has 0 aliphatic carbocycles. The van der Waals surface area contributed by atoms with Gasteiger partial charge in [-0.15, -0.1) is 0 Å². The van der Waals surface area contributed by atoms with Crippen molar-refractivity contribution in [2.75, 3.05) is 6.54 Å². The van der Waals surface area contributed by atoms with E-state index in [-0.39, 0.29) is 34.6 Å². The molecule has 4 nitrogen and oxygen atoms in total. The van der Waals surface area contributed by atoms with Crippen LogP contribution in [0, 0.1) is 22.7 Å². The minimum absolute atomic E-state index is 0.0635. The Morgan fingerprint density at radius 2 is 2.00 bits per heavy atom. The van der Waals surface area contributed by atoms with Crippen LogP contribution >= 0.6 is 0 Å². The van der Waals surface area contributed by atoms with E-state index in [0.29, 0.717) is 6.54 Å². The highest BCUT2D eigenvalue weighted by molar-refractivity contribution is 6.00. The molecule has 0 spiro atoms. The smallest absolute Gasteiger partial charge is 0.268 e. The van der Waals surface area contributed by atoms with Crippen molar-refractivity contribution in [1.29, 1.82) is 5.26 Å². The Labute approximate surface area is 109 Å². The average molecular weight is 250 g/mol. The Morgan fingerprint density at radius 3 is 2.39 bits per heavy atom. The summed E-state index contributed by atoms with van der Waals surface area (Å²) in [5.74, 6) is -0.302. The maximum atomic E-state index is 12.1. The SMILES string of the molecule is CC(C)C1C(O)=C(C#N)C(=O)N1CCC(C)(C)C. The summed E-state index contributed by atoms with van der Waals surface area (Å²) < 4.78 is 0. The molecule has 1 atom stereocenters. The summed E-state index contributed by atoms with van der Waals surface area (Å²) in [6, 6.07) is 1.46. The van der Waals surface area contributed by atoms with E-state index in [9.17, 15) is 9.90 Å². The number of carbonyl (C=O) groups excluding carboxylic acids is 1. The van der Waals surface area contributed by atoms with Crippen molar-refractivity contribution < 1.29 is 9.90 Å². The van der Waals surface area contributed by atoms with Gasteiger partial charge in [0.2, 0.25) is 0 Å². The highest BCUT2D eigenvalue weighted by Gasteiger charge is 2.41. The first-order valence-corrected chi connectivity index (χ1v) is 6.33. The first-order chi connectivity index (χ1) is 8.19. The van der Waals surface area contributed by atoms with E-state index >= 15 is 0 Å². The number of carbonyl (C=O) groups is 1. The lowest BCUT2D eigenvalue weighted by Crippen LogP contribution is -2.40. The Morgan fingerprint density at radius 1 is 1.44 bits per heavy atom. The molecule has 1 aliphatic rings. The van der Waals surface area contributed by atoms with Crippen molar-refractivity contribution in [3.05, 3.63) is 11.3 Å². The van der Waals surface area contributed by atoms with Gasteiger partial charge in [-0.25, -0.2) is 0 Å². The molecule has 1 N–H and O–H groups in total. The number of hydrogen-bond donors (Lipinski definition) is 1. The monoisotopic (exact) mass is 250 g/mol. The molecule has 0 radical (unpaired) electrons. The molecule has 0 saturated carbocycles. The van der Waals surface area contributed by atoms with E-state index in [1.807, 2.05) is 19.9 Å². The van der Waals surface area contributed by atoms with Gasteiger partial charge in [0, 0.05) is 6.54 Å². The number of amides is 1. The van der Waals surface area contributed by atoms with Gasteiger partial charge in [-0.1, -0.05) is 34.6 Å². The van der Waals surface area contributed by atoms with Crippen LogP contribution in [0.4, 0.5) is 0 Å². The van der Waals surface area contributed by atoms with E-state index in [4.69, 9.17) is 5.26 Å². The van der Waals surface area contributed by atoms with Crippen molar-refractivity contribution in [3.63, 3.8) is 0 Å². The molecule has 1 amide bonds. The topological polar surface area (TPSA) is 64.3 Å². The van der Waals surface area contributed by atoms with Crippen LogP contribution in [-0.2, 0) is 4.79 Å². The molecule has 1 aliphatic heterocycles. The van der Waals surface area contributed by atoms with Crippen LogP contribution < -0.4 is 0 Å². The number of nitrogens with zero attached hydrogens (tertiary/aromatic N) is 2. The Balaban J connectivity index is 2.93. The lowest BCUT2D eigenvalue weighted by atomic mass is 9.91. The van der Waals surface area contributed by atoms with Gasteiger partial charge in [-0.05, 0) is 17.8 Å². The van der Waals surface area contributed by atoms with Gasteiger partial charge in [0.25, 0.3) is 5.91 Å². The summed E-state index contributed by atoms with van der Waals surface area (Å²) >= 11 is 0. The molecular weight excluding hydrogens is 228 g/mol. The number of rotatable bonds is 3. The third-order valence-electron chi connectivity index (χ3n) is 3.19. The van der Waals surface area contributed by atoms with Crippen LogP contribution in [0.25, 0.3) is 0 Å². The van der Waals surface area contributed by atoms with Crippen molar-refractivity contribution in [2.45, 2.75) is 47.1 Å². The molecule has 1 unspecified atom stereocenters.